The fourth-order valence-electron chi connectivity index (χ4n) is 2.97. The smallest absolute Gasteiger partial charge is 0.255 e. The Morgan fingerprint density at radius 3 is 2.92 bits per heavy atom. The quantitative estimate of drug-likeness (QED) is 0.832. The number of H-pyrrole nitrogens is 1. The zero-order valence-electron chi connectivity index (χ0n) is 13.9. The molecule has 1 aliphatic rings. The normalized spacial score (nSPS) is 15.9. The molecule has 1 aliphatic heterocycles. The van der Waals surface area contributed by atoms with E-state index in [4.69, 9.17) is 4.74 Å². The van der Waals surface area contributed by atoms with Crippen LogP contribution in [0, 0.1) is 0 Å². The van der Waals surface area contributed by atoms with Crippen molar-refractivity contribution in [1.82, 2.24) is 14.9 Å². The minimum atomic E-state index is -0.540. The van der Waals surface area contributed by atoms with E-state index in [1.807, 2.05) is 37.3 Å². The molecule has 0 spiro atoms. The van der Waals surface area contributed by atoms with Crippen molar-refractivity contribution in [3.63, 3.8) is 0 Å². The molecule has 0 bridgehead atoms. The van der Waals surface area contributed by atoms with E-state index in [0.29, 0.717) is 44.1 Å². The highest BCUT2D eigenvalue weighted by Gasteiger charge is 2.23. The molecule has 2 N–H and O–H groups in total. The summed E-state index contributed by atoms with van der Waals surface area (Å²) in [6, 6.07) is 9.66. The SMILES string of the molecule is CCOC[C@@H](O)CN1CCc2nc(-c3ccccc3)[nH]c(=O)c2C1. The Bertz CT molecular complexity index is 730. The van der Waals surface area contributed by atoms with E-state index in [2.05, 4.69) is 14.9 Å². The average molecular weight is 329 g/mol. The maximum atomic E-state index is 12.5. The number of aromatic amines is 1. The molecular formula is C18H23N3O3. The van der Waals surface area contributed by atoms with Gasteiger partial charge < -0.3 is 14.8 Å². The van der Waals surface area contributed by atoms with Crippen molar-refractivity contribution in [3.05, 3.63) is 51.9 Å². The van der Waals surface area contributed by atoms with E-state index < -0.39 is 6.10 Å². The third-order valence-electron chi connectivity index (χ3n) is 4.18. The standard InChI is InChI=1S/C18H23N3O3/c1-2-24-12-14(22)10-21-9-8-16-15(11-21)18(23)20-17(19-16)13-6-4-3-5-7-13/h3-7,14,22H,2,8-12H2,1H3,(H,19,20,23)/t14-/m0/s1. The number of β-amino-alcohol motifs (C(OH)–C–C–N with tert-alkyl or cyclic N) is 1. The summed E-state index contributed by atoms with van der Waals surface area (Å²) in [5.41, 5.74) is 2.37. The second kappa shape index (κ2) is 7.70. The lowest BCUT2D eigenvalue weighted by Gasteiger charge is -2.29. The van der Waals surface area contributed by atoms with Crippen LogP contribution in [0.5, 0.6) is 0 Å². The predicted molar refractivity (Wildman–Crippen MR) is 91.8 cm³/mol. The van der Waals surface area contributed by atoms with Gasteiger partial charge in [0.2, 0.25) is 0 Å². The van der Waals surface area contributed by atoms with Gasteiger partial charge in [-0.15, -0.1) is 0 Å². The van der Waals surface area contributed by atoms with Crippen LogP contribution in [0.3, 0.4) is 0 Å². The molecule has 2 aromatic rings. The molecule has 3 rings (SSSR count). The summed E-state index contributed by atoms with van der Waals surface area (Å²) >= 11 is 0. The van der Waals surface area contributed by atoms with Gasteiger partial charge in [0.15, 0.2) is 0 Å². The summed E-state index contributed by atoms with van der Waals surface area (Å²) in [5.74, 6) is 0.615. The monoisotopic (exact) mass is 329 g/mol. The second-order valence-electron chi connectivity index (χ2n) is 6.00. The number of hydrogen-bond acceptors (Lipinski definition) is 5. The van der Waals surface area contributed by atoms with Gasteiger partial charge in [0.25, 0.3) is 5.56 Å². The predicted octanol–water partition coefficient (Wildman–Crippen LogP) is 1.19. The second-order valence-corrected chi connectivity index (χ2v) is 6.00. The van der Waals surface area contributed by atoms with Crippen LogP contribution in [-0.2, 0) is 17.7 Å². The lowest BCUT2D eigenvalue weighted by Crippen LogP contribution is -2.41. The molecule has 0 fully saturated rings. The first kappa shape index (κ1) is 16.8. The van der Waals surface area contributed by atoms with Crippen LogP contribution < -0.4 is 5.56 Å². The highest BCUT2D eigenvalue weighted by molar-refractivity contribution is 5.54. The van der Waals surface area contributed by atoms with E-state index >= 15 is 0 Å². The summed E-state index contributed by atoms with van der Waals surface area (Å²) < 4.78 is 5.24. The van der Waals surface area contributed by atoms with E-state index in [9.17, 15) is 9.90 Å². The minimum absolute atomic E-state index is 0.0946. The zero-order valence-corrected chi connectivity index (χ0v) is 13.9. The summed E-state index contributed by atoms with van der Waals surface area (Å²) in [5, 5.41) is 9.97. The van der Waals surface area contributed by atoms with Crippen molar-refractivity contribution in [2.75, 3.05) is 26.3 Å². The van der Waals surface area contributed by atoms with E-state index in [1.165, 1.54) is 0 Å². The van der Waals surface area contributed by atoms with Crippen LogP contribution in [0.4, 0.5) is 0 Å². The number of benzene rings is 1. The van der Waals surface area contributed by atoms with Gasteiger partial charge in [-0.1, -0.05) is 30.3 Å². The number of aromatic nitrogens is 2. The third kappa shape index (κ3) is 3.90. The summed E-state index contributed by atoms with van der Waals surface area (Å²) in [6.45, 7) is 4.60. The Labute approximate surface area is 141 Å². The van der Waals surface area contributed by atoms with Crippen LogP contribution in [-0.4, -0.2) is 52.4 Å². The number of fused-ring (bicyclic) bond motifs is 1. The molecule has 0 unspecified atom stereocenters. The van der Waals surface area contributed by atoms with Crippen molar-refractivity contribution in [3.8, 4) is 11.4 Å². The number of nitrogens with zero attached hydrogens (tertiary/aromatic N) is 2. The molecule has 0 radical (unpaired) electrons. The molecular weight excluding hydrogens is 306 g/mol. The first-order valence-corrected chi connectivity index (χ1v) is 8.33. The summed E-state index contributed by atoms with van der Waals surface area (Å²) in [4.78, 5) is 22.0. The van der Waals surface area contributed by atoms with Gasteiger partial charge in [0.1, 0.15) is 5.82 Å². The lowest BCUT2D eigenvalue weighted by atomic mass is 10.1. The highest BCUT2D eigenvalue weighted by Crippen LogP contribution is 2.18. The summed E-state index contributed by atoms with van der Waals surface area (Å²) in [7, 11) is 0. The minimum Gasteiger partial charge on any atom is -0.389 e. The van der Waals surface area contributed by atoms with Crippen LogP contribution in [0.1, 0.15) is 18.2 Å². The van der Waals surface area contributed by atoms with Gasteiger partial charge in [-0.25, -0.2) is 4.98 Å². The van der Waals surface area contributed by atoms with Crippen molar-refractivity contribution in [1.29, 1.82) is 0 Å². The molecule has 2 heterocycles. The molecule has 0 aliphatic carbocycles. The van der Waals surface area contributed by atoms with Crippen molar-refractivity contribution < 1.29 is 9.84 Å². The molecule has 1 aromatic carbocycles. The molecule has 6 heteroatoms. The van der Waals surface area contributed by atoms with Gasteiger partial charge >= 0.3 is 0 Å². The van der Waals surface area contributed by atoms with E-state index in [-0.39, 0.29) is 5.56 Å². The Hall–Kier alpha value is -2.02. The number of nitrogens with one attached hydrogen (secondary N) is 1. The van der Waals surface area contributed by atoms with Crippen LogP contribution >= 0.6 is 0 Å². The Balaban J connectivity index is 1.75. The zero-order chi connectivity index (χ0) is 16.9. The Kier molecular flexibility index (Phi) is 5.40. The maximum absolute atomic E-state index is 12.5. The van der Waals surface area contributed by atoms with Crippen LogP contribution in [0.2, 0.25) is 0 Å². The molecule has 128 valence electrons. The van der Waals surface area contributed by atoms with Gasteiger partial charge in [-0.3, -0.25) is 9.69 Å². The van der Waals surface area contributed by atoms with Gasteiger partial charge in [-0.05, 0) is 6.92 Å². The first-order chi connectivity index (χ1) is 11.7. The topological polar surface area (TPSA) is 78.5 Å². The number of aliphatic hydroxyl groups is 1. The Morgan fingerprint density at radius 2 is 2.17 bits per heavy atom. The fraction of sp³-hybridized carbons (Fsp3) is 0.444. The molecule has 1 aromatic heterocycles. The maximum Gasteiger partial charge on any atom is 0.255 e. The highest BCUT2D eigenvalue weighted by atomic mass is 16.5. The molecule has 0 saturated heterocycles. The van der Waals surface area contributed by atoms with Gasteiger partial charge in [0.05, 0.1) is 24.0 Å². The number of ether oxygens (including phenoxy) is 1. The number of rotatable bonds is 6. The van der Waals surface area contributed by atoms with Crippen molar-refractivity contribution in [2.24, 2.45) is 0 Å². The van der Waals surface area contributed by atoms with Crippen LogP contribution in [0.25, 0.3) is 11.4 Å². The van der Waals surface area contributed by atoms with Crippen LogP contribution in [0.15, 0.2) is 35.1 Å². The fourth-order valence-corrected chi connectivity index (χ4v) is 2.97. The van der Waals surface area contributed by atoms with E-state index in [1.54, 1.807) is 0 Å². The first-order valence-electron chi connectivity index (χ1n) is 8.33. The summed E-state index contributed by atoms with van der Waals surface area (Å²) in [6.07, 6.45) is 0.169. The number of aliphatic hydroxyl groups excluding tert-OH is 1. The molecule has 0 saturated carbocycles. The average Bonchev–Trinajstić information content (AvgIpc) is 2.61. The van der Waals surface area contributed by atoms with Crippen molar-refractivity contribution >= 4 is 0 Å². The molecule has 1 atom stereocenters. The van der Waals surface area contributed by atoms with Gasteiger partial charge in [-0.2, -0.15) is 0 Å². The lowest BCUT2D eigenvalue weighted by molar-refractivity contribution is 0.0184. The van der Waals surface area contributed by atoms with E-state index in [0.717, 1.165) is 17.8 Å². The number of hydrogen-bond donors (Lipinski definition) is 2. The van der Waals surface area contributed by atoms with Gasteiger partial charge in [0, 0.05) is 38.2 Å². The third-order valence-corrected chi connectivity index (χ3v) is 4.18. The largest absolute Gasteiger partial charge is 0.389 e. The van der Waals surface area contributed by atoms with Crippen molar-refractivity contribution in [2.45, 2.75) is 26.0 Å². The molecule has 6 nitrogen and oxygen atoms in total. The molecule has 0 amide bonds. The Morgan fingerprint density at radius 1 is 1.38 bits per heavy atom. The molecule has 24 heavy (non-hydrogen) atoms.